The molecule has 0 radical (unpaired) electrons. The number of carbonyl (C=O) groups excluding carboxylic acids is 1. The number of alkyl halides is 1. The maximum atomic E-state index is 11.8. The number of amides is 1. The minimum Gasteiger partial charge on any atom is -0.354 e. The third-order valence-corrected chi connectivity index (χ3v) is 3.81. The van der Waals surface area contributed by atoms with Gasteiger partial charge in [-0.2, -0.15) is 0 Å². The molecule has 0 saturated heterocycles. The molecule has 0 atom stereocenters. The summed E-state index contributed by atoms with van der Waals surface area (Å²) in [6.45, 7) is 11.6. The smallest absolute Gasteiger partial charge is 0.226 e. The first kappa shape index (κ1) is 15.7. The fraction of sp³-hybridized carbons (Fsp3) is 0.917. The SMILES string of the molecule is CCN(C)C(C)(C)CNC(=O)C(C)(C)CCl. The summed E-state index contributed by atoms with van der Waals surface area (Å²) in [6.07, 6.45) is 0. The second-order valence-corrected chi connectivity index (χ2v) is 5.79. The monoisotopic (exact) mass is 248 g/mol. The molecule has 0 aliphatic rings. The van der Waals surface area contributed by atoms with Gasteiger partial charge >= 0.3 is 0 Å². The lowest BCUT2D eigenvalue weighted by molar-refractivity contribution is -0.128. The number of nitrogens with zero attached hydrogens (tertiary/aromatic N) is 1. The lowest BCUT2D eigenvalue weighted by atomic mass is 9.94. The number of likely N-dealkylation sites (N-methyl/N-ethyl adjacent to an activating group) is 1. The van der Waals surface area contributed by atoms with E-state index >= 15 is 0 Å². The Morgan fingerprint density at radius 3 is 2.19 bits per heavy atom. The average molecular weight is 249 g/mol. The van der Waals surface area contributed by atoms with E-state index in [1.54, 1.807) is 0 Å². The van der Waals surface area contributed by atoms with Gasteiger partial charge in [-0.05, 0) is 41.3 Å². The highest BCUT2D eigenvalue weighted by Gasteiger charge is 2.29. The predicted octanol–water partition coefficient (Wildman–Crippen LogP) is 2.10. The number of nitrogens with one attached hydrogen (secondary N) is 1. The van der Waals surface area contributed by atoms with Crippen LogP contribution in [0.5, 0.6) is 0 Å². The van der Waals surface area contributed by atoms with Gasteiger partial charge in [0.1, 0.15) is 0 Å². The lowest BCUT2D eigenvalue weighted by Gasteiger charge is -2.36. The summed E-state index contributed by atoms with van der Waals surface area (Å²) in [5.41, 5.74) is -0.533. The normalized spacial score (nSPS) is 13.0. The molecule has 0 fully saturated rings. The summed E-state index contributed by atoms with van der Waals surface area (Å²) < 4.78 is 0. The molecule has 0 rings (SSSR count). The highest BCUT2D eigenvalue weighted by atomic mass is 35.5. The molecule has 0 aromatic rings. The summed E-state index contributed by atoms with van der Waals surface area (Å²) in [4.78, 5) is 14.0. The maximum Gasteiger partial charge on any atom is 0.226 e. The molecule has 96 valence electrons. The molecule has 0 aliphatic heterocycles. The zero-order chi connectivity index (χ0) is 13.0. The van der Waals surface area contributed by atoms with Crippen molar-refractivity contribution in [2.75, 3.05) is 26.0 Å². The van der Waals surface area contributed by atoms with E-state index in [9.17, 15) is 4.79 Å². The fourth-order valence-electron chi connectivity index (χ4n) is 1.16. The Morgan fingerprint density at radius 1 is 1.31 bits per heavy atom. The first-order valence-corrected chi connectivity index (χ1v) is 6.26. The van der Waals surface area contributed by atoms with Gasteiger partial charge in [0, 0.05) is 18.0 Å². The first-order valence-electron chi connectivity index (χ1n) is 5.73. The van der Waals surface area contributed by atoms with E-state index in [0.29, 0.717) is 12.4 Å². The number of rotatable bonds is 6. The molecule has 0 bridgehead atoms. The Balaban J connectivity index is 4.30. The van der Waals surface area contributed by atoms with Crippen LogP contribution in [0.4, 0.5) is 0 Å². The second-order valence-electron chi connectivity index (χ2n) is 5.53. The van der Waals surface area contributed by atoms with E-state index in [-0.39, 0.29) is 11.4 Å². The summed E-state index contributed by atoms with van der Waals surface area (Å²) in [5.74, 6) is 0.350. The molecule has 3 nitrogen and oxygen atoms in total. The highest BCUT2D eigenvalue weighted by molar-refractivity contribution is 6.19. The van der Waals surface area contributed by atoms with E-state index < -0.39 is 5.41 Å². The standard InChI is InChI=1S/C12H25ClN2O/c1-7-15(6)12(4,5)9-14-10(16)11(2,3)8-13/h7-9H2,1-6H3,(H,14,16). The molecular formula is C12H25ClN2O. The molecule has 4 heteroatoms. The van der Waals surface area contributed by atoms with Gasteiger partial charge in [0.25, 0.3) is 0 Å². The summed E-state index contributed by atoms with van der Waals surface area (Å²) in [5, 5.41) is 2.96. The zero-order valence-electron chi connectivity index (χ0n) is 11.4. The van der Waals surface area contributed by atoms with Crippen molar-refractivity contribution in [3.63, 3.8) is 0 Å². The van der Waals surface area contributed by atoms with Crippen molar-refractivity contribution in [3.05, 3.63) is 0 Å². The molecule has 0 saturated carbocycles. The van der Waals surface area contributed by atoms with Crippen molar-refractivity contribution >= 4 is 17.5 Å². The van der Waals surface area contributed by atoms with Crippen LogP contribution < -0.4 is 5.32 Å². The van der Waals surface area contributed by atoms with Gasteiger partial charge in [-0.1, -0.05) is 6.92 Å². The molecule has 1 amide bonds. The van der Waals surface area contributed by atoms with Crippen molar-refractivity contribution in [1.29, 1.82) is 0 Å². The lowest BCUT2D eigenvalue weighted by Crippen LogP contribution is -2.52. The van der Waals surface area contributed by atoms with Crippen LogP contribution in [-0.2, 0) is 4.79 Å². The van der Waals surface area contributed by atoms with E-state index in [0.717, 1.165) is 6.54 Å². The minimum absolute atomic E-state index is 0.0140. The van der Waals surface area contributed by atoms with Gasteiger partial charge in [-0.25, -0.2) is 0 Å². The Hall–Kier alpha value is -0.280. The van der Waals surface area contributed by atoms with Crippen LogP contribution in [0.15, 0.2) is 0 Å². The van der Waals surface area contributed by atoms with Crippen LogP contribution in [0, 0.1) is 5.41 Å². The van der Waals surface area contributed by atoms with Gasteiger partial charge in [0.2, 0.25) is 5.91 Å². The Labute approximate surface area is 105 Å². The van der Waals surface area contributed by atoms with E-state index in [2.05, 4.69) is 38.0 Å². The predicted molar refractivity (Wildman–Crippen MR) is 69.9 cm³/mol. The number of hydrogen-bond donors (Lipinski definition) is 1. The Kier molecular flexibility index (Phi) is 5.77. The number of hydrogen-bond acceptors (Lipinski definition) is 2. The number of carbonyl (C=O) groups is 1. The first-order chi connectivity index (χ1) is 7.17. The molecule has 0 heterocycles. The molecule has 0 aliphatic carbocycles. The van der Waals surface area contributed by atoms with E-state index in [4.69, 9.17) is 11.6 Å². The molecular weight excluding hydrogens is 224 g/mol. The Morgan fingerprint density at radius 2 is 1.81 bits per heavy atom. The third-order valence-electron chi connectivity index (χ3n) is 3.14. The van der Waals surface area contributed by atoms with Gasteiger partial charge in [-0.3, -0.25) is 9.69 Å². The van der Waals surface area contributed by atoms with Crippen molar-refractivity contribution in [2.45, 2.75) is 40.2 Å². The van der Waals surface area contributed by atoms with Crippen LogP contribution in [0.1, 0.15) is 34.6 Å². The van der Waals surface area contributed by atoms with Crippen molar-refractivity contribution in [2.24, 2.45) is 5.41 Å². The van der Waals surface area contributed by atoms with Crippen LogP contribution in [0.2, 0.25) is 0 Å². The van der Waals surface area contributed by atoms with Crippen molar-refractivity contribution in [3.8, 4) is 0 Å². The summed E-state index contributed by atoms with van der Waals surface area (Å²) >= 11 is 5.76. The second kappa shape index (κ2) is 5.87. The third kappa shape index (κ3) is 4.30. The van der Waals surface area contributed by atoms with Crippen molar-refractivity contribution in [1.82, 2.24) is 10.2 Å². The molecule has 0 spiro atoms. The maximum absolute atomic E-state index is 11.8. The molecule has 0 aromatic carbocycles. The van der Waals surface area contributed by atoms with Crippen LogP contribution >= 0.6 is 11.6 Å². The fourth-order valence-corrected chi connectivity index (χ4v) is 1.28. The molecule has 0 unspecified atom stereocenters. The molecule has 16 heavy (non-hydrogen) atoms. The van der Waals surface area contributed by atoms with Crippen molar-refractivity contribution < 1.29 is 4.79 Å². The molecule has 0 aromatic heterocycles. The van der Waals surface area contributed by atoms with Gasteiger partial charge in [-0.15, -0.1) is 11.6 Å². The quantitative estimate of drug-likeness (QED) is 0.731. The van der Waals surface area contributed by atoms with E-state index in [1.807, 2.05) is 13.8 Å². The largest absolute Gasteiger partial charge is 0.354 e. The van der Waals surface area contributed by atoms with E-state index in [1.165, 1.54) is 0 Å². The average Bonchev–Trinajstić information content (AvgIpc) is 2.24. The number of halogens is 1. The summed E-state index contributed by atoms with van der Waals surface area (Å²) in [6, 6.07) is 0. The van der Waals surface area contributed by atoms with Gasteiger partial charge in [0.15, 0.2) is 0 Å². The van der Waals surface area contributed by atoms with Gasteiger partial charge in [0.05, 0.1) is 5.41 Å². The topological polar surface area (TPSA) is 32.3 Å². The highest BCUT2D eigenvalue weighted by Crippen LogP contribution is 2.18. The minimum atomic E-state index is -0.498. The Bertz CT molecular complexity index is 239. The van der Waals surface area contributed by atoms with Crippen LogP contribution in [0.25, 0.3) is 0 Å². The van der Waals surface area contributed by atoms with Crippen LogP contribution in [0.3, 0.4) is 0 Å². The summed E-state index contributed by atoms with van der Waals surface area (Å²) in [7, 11) is 2.05. The molecule has 1 N–H and O–H groups in total. The zero-order valence-corrected chi connectivity index (χ0v) is 12.1. The van der Waals surface area contributed by atoms with Crippen LogP contribution in [-0.4, -0.2) is 42.4 Å². The van der Waals surface area contributed by atoms with Gasteiger partial charge < -0.3 is 5.32 Å².